The van der Waals surface area contributed by atoms with Crippen LogP contribution in [0.5, 0.6) is 0 Å². The molecular formula is C18H26N2O2. The van der Waals surface area contributed by atoms with Crippen molar-refractivity contribution in [3.63, 3.8) is 0 Å². The summed E-state index contributed by atoms with van der Waals surface area (Å²) in [5.41, 5.74) is 3.95. The summed E-state index contributed by atoms with van der Waals surface area (Å²) >= 11 is 0. The number of hydrogen-bond acceptors (Lipinski definition) is 2. The van der Waals surface area contributed by atoms with Gasteiger partial charge in [-0.1, -0.05) is 25.5 Å². The maximum atomic E-state index is 12.3. The van der Waals surface area contributed by atoms with E-state index in [1.807, 2.05) is 25.1 Å². The van der Waals surface area contributed by atoms with Crippen molar-refractivity contribution in [2.75, 3.05) is 19.8 Å². The first-order chi connectivity index (χ1) is 10.6. The number of aromatic amines is 1. The lowest BCUT2D eigenvalue weighted by molar-refractivity contribution is 0.0942. The zero-order chi connectivity index (χ0) is 15.9. The number of fused-ring (bicyclic) bond motifs is 1. The Kier molecular flexibility index (Phi) is 6.01. The molecule has 1 heterocycles. The summed E-state index contributed by atoms with van der Waals surface area (Å²) in [5.74, 6) is -0.0274. The molecule has 0 saturated carbocycles. The number of carbonyl (C=O) groups excluding carboxylic acids is 1. The second kappa shape index (κ2) is 7.99. The van der Waals surface area contributed by atoms with Gasteiger partial charge in [-0.05, 0) is 38.3 Å². The molecule has 0 radical (unpaired) electrons. The van der Waals surface area contributed by atoms with E-state index >= 15 is 0 Å². The molecule has 0 spiro atoms. The number of H-pyrrole nitrogens is 1. The number of benzene rings is 1. The number of ether oxygens (including phenoxy) is 1. The van der Waals surface area contributed by atoms with Crippen molar-refractivity contribution in [2.45, 2.75) is 40.0 Å². The lowest BCUT2D eigenvalue weighted by Crippen LogP contribution is -2.25. The minimum absolute atomic E-state index is 0.0274. The van der Waals surface area contributed by atoms with E-state index in [4.69, 9.17) is 4.74 Å². The maximum absolute atomic E-state index is 12.3. The summed E-state index contributed by atoms with van der Waals surface area (Å²) in [5, 5.41) is 4.09. The van der Waals surface area contributed by atoms with Crippen LogP contribution in [0.15, 0.2) is 18.2 Å². The average Bonchev–Trinajstić information content (AvgIpc) is 2.81. The Balaban J connectivity index is 1.89. The molecule has 2 N–H and O–H groups in total. The third-order valence-electron chi connectivity index (χ3n) is 3.98. The second-order valence-corrected chi connectivity index (χ2v) is 5.68. The fourth-order valence-electron chi connectivity index (χ4n) is 2.49. The Morgan fingerprint density at radius 2 is 2.00 bits per heavy atom. The van der Waals surface area contributed by atoms with Gasteiger partial charge in [0.2, 0.25) is 0 Å². The standard InChI is InChI=1S/C18H26N2O2/c1-4-5-11-22-12-7-10-19-18(21)16-9-6-8-15-13(2)14(3)20-17(15)16/h6,8-9,20H,4-5,7,10-12H2,1-3H3,(H,19,21). The number of para-hydroxylation sites is 1. The van der Waals surface area contributed by atoms with Gasteiger partial charge in [0.05, 0.1) is 11.1 Å². The number of nitrogens with one attached hydrogen (secondary N) is 2. The topological polar surface area (TPSA) is 54.1 Å². The molecule has 0 aliphatic heterocycles. The number of amides is 1. The first-order valence-electron chi connectivity index (χ1n) is 8.09. The SMILES string of the molecule is CCCCOCCCNC(=O)c1cccc2c(C)c(C)[nH]c12. The van der Waals surface area contributed by atoms with Crippen molar-refractivity contribution >= 4 is 16.8 Å². The van der Waals surface area contributed by atoms with Gasteiger partial charge in [0.15, 0.2) is 0 Å². The molecule has 4 heteroatoms. The van der Waals surface area contributed by atoms with E-state index in [0.717, 1.165) is 42.5 Å². The minimum atomic E-state index is -0.0274. The number of hydrogen-bond donors (Lipinski definition) is 2. The molecule has 22 heavy (non-hydrogen) atoms. The molecule has 0 aliphatic rings. The predicted molar refractivity (Wildman–Crippen MR) is 90.4 cm³/mol. The molecule has 0 bridgehead atoms. The largest absolute Gasteiger partial charge is 0.381 e. The van der Waals surface area contributed by atoms with Gasteiger partial charge >= 0.3 is 0 Å². The van der Waals surface area contributed by atoms with Crippen LogP contribution in [0.3, 0.4) is 0 Å². The Bertz CT molecular complexity index is 631. The van der Waals surface area contributed by atoms with E-state index < -0.39 is 0 Å². The van der Waals surface area contributed by atoms with Crippen molar-refractivity contribution in [1.29, 1.82) is 0 Å². The molecule has 2 rings (SSSR count). The summed E-state index contributed by atoms with van der Waals surface area (Å²) < 4.78 is 5.49. The van der Waals surface area contributed by atoms with Crippen molar-refractivity contribution in [1.82, 2.24) is 10.3 Å². The number of unbranched alkanes of at least 4 members (excludes halogenated alkanes) is 1. The van der Waals surface area contributed by atoms with Crippen LogP contribution in [0.25, 0.3) is 10.9 Å². The summed E-state index contributed by atoms with van der Waals surface area (Å²) in [4.78, 5) is 15.7. The van der Waals surface area contributed by atoms with Gasteiger partial charge < -0.3 is 15.0 Å². The highest BCUT2D eigenvalue weighted by molar-refractivity contribution is 6.06. The first kappa shape index (κ1) is 16.6. The highest BCUT2D eigenvalue weighted by Gasteiger charge is 2.13. The first-order valence-corrected chi connectivity index (χ1v) is 8.09. The van der Waals surface area contributed by atoms with E-state index in [1.54, 1.807) is 0 Å². The van der Waals surface area contributed by atoms with Crippen molar-refractivity contribution in [2.24, 2.45) is 0 Å². The van der Waals surface area contributed by atoms with Gasteiger partial charge in [-0.25, -0.2) is 0 Å². The molecule has 1 amide bonds. The maximum Gasteiger partial charge on any atom is 0.253 e. The predicted octanol–water partition coefficient (Wildman–Crippen LogP) is 3.72. The zero-order valence-electron chi connectivity index (χ0n) is 13.8. The van der Waals surface area contributed by atoms with Gasteiger partial charge in [0, 0.05) is 30.8 Å². The van der Waals surface area contributed by atoms with Crippen LogP contribution in [-0.2, 0) is 4.74 Å². The zero-order valence-corrected chi connectivity index (χ0v) is 13.8. The van der Waals surface area contributed by atoms with Crippen LogP contribution >= 0.6 is 0 Å². The van der Waals surface area contributed by atoms with Crippen molar-refractivity contribution in [3.8, 4) is 0 Å². The lowest BCUT2D eigenvalue weighted by atomic mass is 10.1. The molecule has 120 valence electrons. The number of carbonyl (C=O) groups is 1. The molecule has 4 nitrogen and oxygen atoms in total. The van der Waals surface area contributed by atoms with E-state index in [0.29, 0.717) is 18.7 Å². The molecule has 0 unspecified atom stereocenters. The quantitative estimate of drug-likeness (QED) is 0.730. The Morgan fingerprint density at radius 3 is 2.77 bits per heavy atom. The highest BCUT2D eigenvalue weighted by Crippen LogP contribution is 2.24. The molecule has 0 aliphatic carbocycles. The fourth-order valence-corrected chi connectivity index (χ4v) is 2.49. The third kappa shape index (κ3) is 3.89. The monoisotopic (exact) mass is 302 g/mol. The smallest absolute Gasteiger partial charge is 0.253 e. The summed E-state index contributed by atoms with van der Waals surface area (Å²) in [6.45, 7) is 8.40. The summed E-state index contributed by atoms with van der Waals surface area (Å²) in [6.07, 6.45) is 3.09. The van der Waals surface area contributed by atoms with E-state index in [-0.39, 0.29) is 5.91 Å². The molecule has 0 fully saturated rings. The van der Waals surface area contributed by atoms with Crippen molar-refractivity contribution < 1.29 is 9.53 Å². The second-order valence-electron chi connectivity index (χ2n) is 5.68. The van der Waals surface area contributed by atoms with Gasteiger partial charge in [-0.2, -0.15) is 0 Å². The summed E-state index contributed by atoms with van der Waals surface area (Å²) in [7, 11) is 0. The van der Waals surface area contributed by atoms with Crippen molar-refractivity contribution in [3.05, 3.63) is 35.0 Å². The Morgan fingerprint density at radius 1 is 1.23 bits per heavy atom. The van der Waals surface area contributed by atoms with Crippen LogP contribution in [0.4, 0.5) is 0 Å². The summed E-state index contributed by atoms with van der Waals surface area (Å²) in [6, 6.07) is 5.85. The van der Waals surface area contributed by atoms with Crippen LogP contribution < -0.4 is 5.32 Å². The van der Waals surface area contributed by atoms with Gasteiger partial charge in [-0.3, -0.25) is 4.79 Å². The Labute approximate surface area is 132 Å². The number of rotatable bonds is 8. The Hall–Kier alpha value is -1.81. The minimum Gasteiger partial charge on any atom is -0.381 e. The van der Waals surface area contributed by atoms with E-state index in [1.165, 1.54) is 5.56 Å². The number of aryl methyl sites for hydroxylation is 2. The van der Waals surface area contributed by atoms with Gasteiger partial charge in [-0.15, -0.1) is 0 Å². The average molecular weight is 302 g/mol. The van der Waals surface area contributed by atoms with Gasteiger partial charge in [0.25, 0.3) is 5.91 Å². The van der Waals surface area contributed by atoms with E-state index in [9.17, 15) is 4.79 Å². The van der Waals surface area contributed by atoms with Crippen LogP contribution in [0.1, 0.15) is 47.8 Å². The van der Waals surface area contributed by atoms with Crippen LogP contribution in [-0.4, -0.2) is 30.6 Å². The highest BCUT2D eigenvalue weighted by atomic mass is 16.5. The van der Waals surface area contributed by atoms with E-state index in [2.05, 4.69) is 24.1 Å². The molecule has 1 aromatic carbocycles. The van der Waals surface area contributed by atoms with Gasteiger partial charge in [0.1, 0.15) is 0 Å². The van der Waals surface area contributed by atoms with Crippen LogP contribution in [0.2, 0.25) is 0 Å². The molecule has 0 atom stereocenters. The van der Waals surface area contributed by atoms with Crippen LogP contribution in [0, 0.1) is 13.8 Å². The molecule has 1 aromatic heterocycles. The molecule has 2 aromatic rings. The lowest BCUT2D eigenvalue weighted by Gasteiger charge is -2.07. The number of aromatic nitrogens is 1. The fraction of sp³-hybridized carbons (Fsp3) is 0.500. The molecular weight excluding hydrogens is 276 g/mol. The third-order valence-corrected chi connectivity index (χ3v) is 3.98. The molecule has 0 saturated heterocycles. The normalized spacial score (nSPS) is 11.0.